The van der Waals surface area contributed by atoms with E-state index in [1.54, 1.807) is 29.2 Å². The van der Waals surface area contributed by atoms with E-state index in [0.29, 0.717) is 24.2 Å². The number of hydrogen-bond donors (Lipinski definition) is 2. The van der Waals surface area contributed by atoms with Gasteiger partial charge in [0.15, 0.2) is 0 Å². The van der Waals surface area contributed by atoms with Crippen LogP contribution in [0, 0.1) is 0 Å². The van der Waals surface area contributed by atoms with Crippen molar-refractivity contribution < 1.29 is 19.2 Å². The van der Waals surface area contributed by atoms with Crippen molar-refractivity contribution in [2.75, 3.05) is 18.0 Å². The molecule has 0 spiro atoms. The topological polar surface area (TPSA) is 98.8 Å². The Bertz CT molecular complexity index is 793. The zero-order valence-electron chi connectivity index (χ0n) is 14.2. The maximum Gasteiger partial charge on any atom is 0.328 e. The van der Waals surface area contributed by atoms with E-state index in [9.17, 15) is 19.2 Å². The Balaban J connectivity index is 1.66. The average molecular weight is 356 g/mol. The van der Waals surface area contributed by atoms with Crippen molar-refractivity contribution in [3.05, 3.63) is 29.8 Å². The first-order chi connectivity index (χ1) is 12.5. The molecular weight excluding hydrogens is 336 g/mol. The van der Waals surface area contributed by atoms with Crippen LogP contribution >= 0.6 is 0 Å². The number of para-hydroxylation sites is 1. The van der Waals surface area contributed by atoms with Gasteiger partial charge in [0.1, 0.15) is 0 Å². The van der Waals surface area contributed by atoms with E-state index in [2.05, 4.69) is 10.6 Å². The number of rotatable bonds is 2. The van der Waals surface area contributed by atoms with Gasteiger partial charge in [0, 0.05) is 38.0 Å². The van der Waals surface area contributed by atoms with Gasteiger partial charge < -0.3 is 10.2 Å². The number of urea groups is 1. The summed E-state index contributed by atoms with van der Waals surface area (Å²) in [4.78, 5) is 52.0. The van der Waals surface area contributed by atoms with E-state index >= 15 is 0 Å². The molecule has 26 heavy (non-hydrogen) atoms. The van der Waals surface area contributed by atoms with Crippen molar-refractivity contribution >= 4 is 29.4 Å². The molecule has 0 radical (unpaired) electrons. The number of benzene rings is 1. The zero-order valence-corrected chi connectivity index (χ0v) is 14.2. The van der Waals surface area contributed by atoms with Crippen LogP contribution in [0.25, 0.3) is 0 Å². The van der Waals surface area contributed by atoms with E-state index in [0.717, 1.165) is 12.8 Å². The second-order valence-corrected chi connectivity index (χ2v) is 6.88. The van der Waals surface area contributed by atoms with Gasteiger partial charge in [-0.25, -0.2) is 4.79 Å². The third-order valence-electron chi connectivity index (χ3n) is 5.29. The van der Waals surface area contributed by atoms with Gasteiger partial charge in [-0.05, 0) is 25.0 Å². The number of anilines is 1. The molecule has 8 heteroatoms. The molecule has 4 rings (SSSR count). The normalized spacial score (nSPS) is 25.6. The highest BCUT2D eigenvalue weighted by atomic mass is 16.2. The minimum absolute atomic E-state index is 0.0243. The lowest BCUT2D eigenvalue weighted by molar-refractivity contribution is -0.121. The highest BCUT2D eigenvalue weighted by Gasteiger charge is 2.41. The maximum atomic E-state index is 13.3. The van der Waals surface area contributed by atoms with E-state index < -0.39 is 6.03 Å². The molecule has 0 saturated carbocycles. The molecule has 1 aromatic carbocycles. The standard InChI is InChI=1S/C18H20N4O4/c23-15-7-8-21(18(26)20-15)14-4-2-1-3-13(14)17(25)22-11-5-6-12(22)10-19-16(24)9-11/h1-4,11-12H,5-10H2,(H,19,24)(H,20,23,26)/t11-,12+/m1/s1. The molecule has 136 valence electrons. The Morgan fingerprint density at radius 3 is 2.62 bits per heavy atom. The fraction of sp³-hybridized carbons (Fsp3) is 0.444. The van der Waals surface area contributed by atoms with Crippen molar-refractivity contribution in [1.29, 1.82) is 0 Å². The molecule has 0 aromatic heterocycles. The molecule has 2 bridgehead atoms. The van der Waals surface area contributed by atoms with E-state index in [1.807, 2.05) is 0 Å². The van der Waals surface area contributed by atoms with Gasteiger partial charge in [-0.1, -0.05) is 12.1 Å². The smallest absolute Gasteiger partial charge is 0.328 e. The van der Waals surface area contributed by atoms with Crippen molar-refractivity contribution in [1.82, 2.24) is 15.5 Å². The largest absolute Gasteiger partial charge is 0.354 e. The third kappa shape index (κ3) is 2.81. The lowest BCUT2D eigenvalue weighted by atomic mass is 10.1. The Hall–Kier alpha value is -2.90. The van der Waals surface area contributed by atoms with Crippen LogP contribution in [0.15, 0.2) is 24.3 Å². The Morgan fingerprint density at radius 2 is 1.81 bits per heavy atom. The molecule has 8 nitrogen and oxygen atoms in total. The molecule has 5 amide bonds. The molecule has 0 unspecified atom stereocenters. The van der Waals surface area contributed by atoms with E-state index in [1.165, 1.54) is 4.90 Å². The number of nitrogens with one attached hydrogen (secondary N) is 2. The molecule has 1 aromatic rings. The summed E-state index contributed by atoms with van der Waals surface area (Å²) >= 11 is 0. The molecule has 3 aliphatic rings. The first kappa shape index (κ1) is 16.6. The van der Waals surface area contributed by atoms with Gasteiger partial charge in [-0.2, -0.15) is 0 Å². The third-order valence-corrected chi connectivity index (χ3v) is 5.29. The predicted octanol–water partition coefficient (Wildman–Crippen LogP) is 0.626. The Labute approximate surface area is 150 Å². The summed E-state index contributed by atoms with van der Waals surface area (Å²) in [5, 5.41) is 5.15. The van der Waals surface area contributed by atoms with Crippen LogP contribution in [0.4, 0.5) is 10.5 Å². The van der Waals surface area contributed by atoms with Crippen molar-refractivity contribution in [3.63, 3.8) is 0 Å². The Morgan fingerprint density at radius 1 is 1.04 bits per heavy atom. The number of carbonyl (C=O) groups is 4. The highest BCUT2D eigenvalue weighted by molar-refractivity contribution is 6.09. The van der Waals surface area contributed by atoms with E-state index in [-0.39, 0.29) is 42.8 Å². The first-order valence-electron chi connectivity index (χ1n) is 8.84. The second kappa shape index (κ2) is 6.44. The van der Waals surface area contributed by atoms with Crippen LogP contribution in [0.2, 0.25) is 0 Å². The fourth-order valence-electron chi connectivity index (χ4n) is 4.03. The lowest BCUT2D eigenvalue weighted by Crippen LogP contribution is -2.50. The van der Waals surface area contributed by atoms with Gasteiger partial charge in [0.2, 0.25) is 11.8 Å². The van der Waals surface area contributed by atoms with Crippen LogP contribution in [0.5, 0.6) is 0 Å². The van der Waals surface area contributed by atoms with Gasteiger partial charge in [0.25, 0.3) is 5.91 Å². The summed E-state index contributed by atoms with van der Waals surface area (Å²) in [6.07, 6.45) is 2.17. The number of amides is 5. The molecule has 3 saturated heterocycles. The minimum atomic E-state index is -0.516. The molecule has 3 heterocycles. The number of imide groups is 1. The first-order valence-corrected chi connectivity index (χ1v) is 8.84. The van der Waals surface area contributed by atoms with Crippen LogP contribution < -0.4 is 15.5 Å². The van der Waals surface area contributed by atoms with Gasteiger partial charge in [0.05, 0.1) is 11.3 Å². The number of fused-ring (bicyclic) bond motifs is 2. The number of carbonyl (C=O) groups excluding carboxylic acids is 4. The van der Waals surface area contributed by atoms with Gasteiger partial charge in [-0.15, -0.1) is 0 Å². The van der Waals surface area contributed by atoms with Gasteiger partial charge in [-0.3, -0.25) is 24.6 Å². The van der Waals surface area contributed by atoms with Crippen LogP contribution in [-0.4, -0.2) is 53.8 Å². The quantitative estimate of drug-likeness (QED) is 0.812. The lowest BCUT2D eigenvalue weighted by Gasteiger charge is -2.31. The summed E-state index contributed by atoms with van der Waals surface area (Å²) in [6, 6.07) is 6.28. The predicted molar refractivity (Wildman–Crippen MR) is 92.5 cm³/mol. The maximum absolute atomic E-state index is 13.3. The number of nitrogens with zero attached hydrogens (tertiary/aromatic N) is 2. The molecule has 2 atom stereocenters. The molecular formula is C18H20N4O4. The zero-order chi connectivity index (χ0) is 18.3. The molecule has 2 N–H and O–H groups in total. The average Bonchev–Trinajstić information content (AvgIpc) is 2.93. The van der Waals surface area contributed by atoms with Gasteiger partial charge >= 0.3 is 6.03 Å². The van der Waals surface area contributed by atoms with Crippen LogP contribution in [0.3, 0.4) is 0 Å². The minimum Gasteiger partial charge on any atom is -0.354 e. The van der Waals surface area contributed by atoms with Crippen molar-refractivity contribution in [3.8, 4) is 0 Å². The number of hydrogen-bond acceptors (Lipinski definition) is 4. The van der Waals surface area contributed by atoms with Crippen LogP contribution in [0.1, 0.15) is 36.0 Å². The SMILES string of the molecule is O=C1C[C@H]2CC[C@@H](CN1)N2C(=O)c1ccccc1N1CCC(=O)NC1=O. The summed E-state index contributed by atoms with van der Waals surface area (Å²) < 4.78 is 0. The molecule has 3 fully saturated rings. The van der Waals surface area contributed by atoms with Crippen molar-refractivity contribution in [2.45, 2.75) is 37.8 Å². The van der Waals surface area contributed by atoms with E-state index in [4.69, 9.17) is 0 Å². The monoisotopic (exact) mass is 356 g/mol. The highest BCUT2D eigenvalue weighted by Crippen LogP contribution is 2.32. The molecule has 0 aliphatic carbocycles. The molecule has 3 aliphatic heterocycles. The summed E-state index contributed by atoms with van der Waals surface area (Å²) in [5.74, 6) is -0.517. The van der Waals surface area contributed by atoms with Crippen molar-refractivity contribution in [2.24, 2.45) is 0 Å². The fourth-order valence-corrected chi connectivity index (χ4v) is 4.03. The Kier molecular flexibility index (Phi) is 4.10. The second-order valence-electron chi connectivity index (χ2n) is 6.88. The van der Waals surface area contributed by atoms with Crippen LogP contribution in [-0.2, 0) is 9.59 Å². The summed E-state index contributed by atoms with van der Waals surface area (Å²) in [5.41, 5.74) is 0.911. The summed E-state index contributed by atoms with van der Waals surface area (Å²) in [7, 11) is 0. The summed E-state index contributed by atoms with van der Waals surface area (Å²) in [6.45, 7) is 0.698.